The lowest BCUT2D eigenvalue weighted by Crippen LogP contribution is -2.13. The molecule has 0 radical (unpaired) electrons. The van der Waals surface area contributed by atoms with Gasteiger partial charge < -0.3 is 9.42 Å². The molecule has 2 aromatic carbocycles. The van der Waals surface area contributed by atoms with Gasteiger partial charge in [0, 0.05) is 5.02 Å². The number of rotatable bonds is 4. The number of benzene rings is 2. The molecule has 0 aliphatic rings. The zero-order valence-electron chi connectivity index (χ0n) is 13.5. The Balaban J connectivity index is 1.92. The highest BCUT2D eigenvalue weighted by Gasteiger charge is 2.30. The van der Waals surface area contributed by atoms with Gasteiger partial charge in [0.15, 0.2) is 5.13 Å². The maximum Gasteiger partial charge on any atom is 0.416 e. The molecule has 0 spiro atoms. The van der Waals surface area contributed by atoms with Crippen molar-refractivity contribution in [2.75, 3.05) is 5.32 Å². The Labute approximate surface area is 162 Å². The van der Waals surface area contributed by atoms with Gasteiger partial charge in [0.05, 0.1) is 21.3 Å². The minimum atomic E-state index is -4.46. The van der Waals surface area contributed by atoms with E-state index in [9.17, 15) is 18.0 Å². The minimum Gasteiger partial charge on any atom is -0.449 e. The van der Waals surface area contributed by atoms with Crippen LogP contribution in [-0.2, 0) is 6.18 Å². The van der Waals surface area contributed by atoms with Gasteiger partial charge in [0.1, 0.15) is 5.75 Å². The highest BCUT2D eigenvalue weighted by molar-refractivity contribution is 7.25. The number of halogens is 4. The Kier molecular flexibility index (Phi) is 5.58. The second-order valence-electron chi connectivity index (χ2n) is 5.45. The van der Waals surface area contributed by atoms with E-state index in [0.717, 1.165) is 23.5 Å². The van der Waals surface area contributed by atoms with Gasteiger partial charge in [-0.05, 0) is 42.8 Å². The number of alkyl halides is 3. The summed E-state index contributed by atoms with van der Waals surface area (Å²) in [7, 11) is -0.872. The van der Waals surface area contributed by atoms with Crippen molar-refractivity contribution in [1.82, 2.24) is 4.98 Å². The van der Waals surface area contributed by atoms with Crippen LogP contribution in [0.15, 0.2) is 30.3 Å². The summed E-state index contributed by atoms with van der Waals surface area (Å²) in [6.07, 6.45) is -4.46. The number of nitrogens with one attached hydrogen (secondary N) is 1. The number of anilines is 1. The fourth-order valence-electron chi connectivity index (χ4n) is 2.40. The van der Waals surface area contributed by atoms with Crippen molar-refractivity contribution in [3.63, 3.8) is 0 Å². The summed E-state index contributed by atoms with van der Waals surface area (Å²) in [6.45, 7) is 1.66. The number of aromatic nitrogens is 1. The van der Waals surface area contributed by atoms with Crippen LogP contribution >= 0.6 is 32.0 Å². The molecule has 1 amide bonds. The van der Waals surface area contributed by atoms with Crippen LogP contribution in [0.4, 0.5) is 18.3 Å². The van der Waals surface area contributed by atoms with Crippen LogP contribution in [0, 0.1) is 6.92 Å². The predicted octanol–water partition coefficient (Wildman–Crippen LogP) is 5.41. The van der Waals surface area contributed by atoms with Gasteiger partial charge in [0.2, 0.25) is 9.03 Å². The van der Waals surface area contributed by atoms with Gasteiger partial charge in [-0.25, -0.2) is 4.98 Å². The largest absolute Gasteiger partial charge is 0.449 e. The number of amides is 1. The molecule has 27 heavy (non-hydrogen) atoms. The van der Waals surface area contributed by atoms with Gasteiger partial charge in [0.25, 0.3) is 5.91 Å². The summed E-state index contributed by atoms with van der Waals surface area (Å²) < 4.78 is 43.8. The molecule has 0 bridgehead atoms. The molecule has 0 fully saturated rings. The predicted molar refractivity (Wildman–Crippen MR) is 99.9 cm³/mol. The highest BCUT2D eigenvalue weighted by atomic mass is 35.5. The van der Waals surface area contributed by atoms with Crippen molar-refractivity contribution in [1.29, 1.82) is 0 Å². The van der Waals surface area contributed by atoms with Crippen LogP contribution in [-0.4, -0.2) is 15.8 Å². The van der Waals surface area contributed by atoms with Crippen molar-refractivity contribution >= 4 is 53.2 Å². The molecule has 1 heterocycles. The third-order valence-corrected chi connectivity index (χ3v) is 5.02. The van der Waals surface area contributed by atoms with E-state index < -0.39 is 26.7 Å². The molecule has 142 valence electrons. The van der Waals surface area contributed by atoms with Crippen molar-refractivity contribution in [3.05, 3.63) is 52.0 Å². The molecule has 1 aromatic heterocycles. The van der Waals surface area contributed by atoms with Crippen LogP contribution in [0.1, 0.15) is 21.5 Å². The molecule has 0 saturated heterocycles. The summed E-state index contributed by atoms with van der Waals surface area (Å²) in [4.78, 5) is 25.7. The summed E-state index contributed by atoms with van der Waals surface area (Å²) in [5.74, 6) is -0.442. The average molecular weight is 435 g/mol. The Bertz CT molecular complexity index is 1030. The van der Waals surface area contributed by atoms with Crippen molar-refractivity contribution < 1.29 is 27.4 Å². The first-order valence-corrected chi connectivity index (χ1v) is 9.39. The Morgan fingerprint density at radius 2 is 2.07 bits per heavy atom. The number of carbonyl (C=O) groups excluding carboxylic acids is 1. The van der Waals surface area contributed by atoms with Crippen LogP contribution < -0.4 is 9.84 Å². The zero-order chi connectivity index (χ0) is 19.8. The van der Waals surface area contributed by atoms with E-state index in [0.29, 0.717) is 16.1 Å². The number of aryl methyl sites for hydroxylation is 1. The van der Waals surface area contributed by atoms with Crippen molar-refractivity contribution in [2.24, 2.45) is 0 Å². The van der Waals surface area contributed by atoms with Crippen LogP contribution in [0.3, 0.4) is 0 Å². The maximum atomic E-state index is 12.8. The molecule has 1 unspecified atom stereocenters. The highest BCUT2D eigenvalue weighted by Crippen LogP contribution is 2.35. The zero-order valence-corrected chi connectivity index (χ0v) is 16.1. The smallest absolute Gasteiger partial charge is 0.416 e. The number of fused-ring (bicyclic) bond motifs is 1. The first kappa shape index (κ1) is 19.8. The van der Waals surface area contributed by atoms with Gasteiger partial charge >= 0.3 is 6.18 Å². The molecular formula is C16H11ClF3N2O3PS. The number of nitrogens with zero attached hydrogens (tertiary/aromatic N) is 1. The Hall–Kier alpha value is -1.93. The van der Waals surface area contributed by atoms with Gasteiger partial charge in [-0.2, -0.15) is 13.2 Å². The second kappa shape index (κ2) is 7.59. The fraction of sp³-hybridized carbons (Fsp3) is 0.125. The van der Waals surface area contributed by atoms with E-state index in [1.54, 1.807) is 13.0 Å². The molecule has 3 aromatic rings. The van der Waals surface area contributed by atoms with Gasteiger partial charge in [-0.15, -0.1) is 0 Å². The quantitative estimate of drug-likeness (QED) is 0.539. The standard InChI is InChI=1S/C16H11ClF3N2O3PS/c1-7-4-9(17)6-10(13(7)25-26-24)14(23)22-15-21-11-3-2-8(16(18,19)20)5-12(11)27-15/h2-6,24,26H,1H3,(H,21,22,23). The Morgan fingerprint density at radius 1 is 1.33 bits per heavy atom. The Morgan fingerprint density at radius 3 is 2.74 bits per heavy atom. The van der Waals surface area contributed by atoms with E-state index in [1.807, 2.05) is 0 Å². The van der Waals surface area contributed by atoms with Gasteiger partial charge in [-0.1, -0.05) is 22.9 Å². The first-order chi connectivity index (χ1) is 12.7. The van der Waals surface area contributed by atoms with Gasteiger partial charge in [-0.3, -0.25) is 10.1 Å². The van der Waals surface area contributed by atoms with E-state index in [4.69, 9.17) is 21.0 Å². The third-order valence-electron chi connectivity index (χ3n) is 3.57. The van der Waals surface area contributed by atoms with Crippen molar-refractivity contribution in [3.8, 4) is 5.75 Å². The summed E-state index contributed by atoms with van der Waals surface area (Å²) in [5.41, 5.74) is 0.172. The molecule has 0 saturated carbocycles. The van der Waals surface area contributed by atoms with Crippen LogP contribution in [0.2, 0.25) is 5.02 Å². The van der Waals surface area contributed by atoms with E-state index in [2.05, 4.69) is 10.3 Å². The lowest BCUT2D eigenvalue weighted by Gasteiger charge is -2.12. The lowest BCUT2D eigenvalue weighted by molar-refractivity contribution is -0.137. The number of hydrogen-bond donors (Lipinski definition) is 2. The van der Waals surface area contributed by atoms with Crippen LogP contribution in [0.25, 0.3) is 10.2 Å². The molecule has 0 aliphatic carbocycles. The fourth-order valence-corrected chi connectivity index (χ4v) is 3.93. The molecule has 1 atom stereocenters. The van der Waals surface area contributed by atoms with Crippen molar-refractivity contribution in [2.45, 2.75) is 13.1 Å². The topological polar surface area (TPSA) is 71.5 Å². The lowest BCUT2D eigenvalue weighted by atomic mass is 10.1. The summed E-state index contributed by atoms with van der Waals surface area (Å²) >= 11 is 6.89. The normalized spacial score (nSPS) is 12.1. The third kappa shape index (κ3) is 4.32. The summed E-state index contributed by atoms with van der Waals surface area (Å²) in [6, 6.07) is 6.10. The second-order valence-corrected chi connectivity index (χ2v) is 7.30. The van der Waals surface area contributed by atoms with E-state index in [1.165, 1.54) is 12.1 Å². The number of thiazole rings is 1. The minimum absolute atomic E-state index is 0.0804. The number of carbonyl (C=O) groups is 1. The van der Waals surface area contributed by atoms with Crippen LogP contribution in [0.5, 0.6) is 5.75 Å². The van der Waals surface area contributed by atoms with E-state index >= 15 is 0 Å². The molecule has 3 rings (SSSR count). The molecule has 2 N–H and O–H groups in total. The molecule has 5 nitrogen and oxygen atoms in total. The first-order valence-electron chi connectivity index (χ1n) is 7.34. The average Bonchev–Trinajstić information content (AvgIpc) is 2.97. The number of hydrogen-bond acceptors (Lipinski definition) is 5. The van der Waals surface area contributed by atoms with E-state index in [-0.39, 0.29) is 21.1 Å². The SMILES string of the molecule is Cc1cc(Cl)cc(C(=O)Nc2nc3ccc(C(F)(F)F)cc3s2)c1OPO. The molecule has 0 aliphatic heterocycles. The summed E-state index contributed by atoms with van der Waals surface area (Å²) in [5, 5.41) is 2.95. The molecule has 11 heteroatoms. The monoisotopic (exact) mass is 434 g/mol. The maximum absolute atomic E-state index is 12.8. The molecular weight excluding hydrogens is 424 g/mol.